The minimum absolute atomic E-state index is 0.675. The molecular weight excluding hydrogens is 172 g/mol. The highest BCUT2D eigenvalue weighted by atomic mass is 28.4. The second kappa shape index (κ2) is 4.37. The number of aliphatic hydroxyl groups is 1. The molecule has 0 fully saturated rings. The molecule has 4 heteroatoms. The second-order valence-corrected chi connectivity index (χ2v) is 6.73. The lowest BCUT2D eigenvalue weighted by molar-refractivity contribution is 0.0461. The summed E-state index contributed by atoms with van der Waals surface area (Å²) in [4.78, 5) is 0. The fourth-order valence-corrected chi connectivity index (χ4v) is 3.57. The Kier molecular flexibility index (Phi) is 4.40. The predicted octanol–water partition coefficient (Wildman–Crippen LogP) is 1.44. The van der Waals surface area contributed by atoms with Crippen molar-refractivity contribution in [1.82, 2.24) is 0 Å². The minimum atomic E-state index is -2.40. The van der Waals surface area contributed by atoms with E-state index in [0.29, 0.717) is 12.8 Å². The van der Waals surface area contributed by atoms with Gasteiger partial charge in [-0.05, 0) is 19.4 Å². The minimum Gasteiger partial charge on any atom is -0.396 e. The fourth-order valence-electron chi connectivity index (χ4n) is 1.36. The van der Waals surface area contributed by atoms with Crippen LogP contribution in [0.2, 0.25) is 6.55 Å². The Hall–Kier alpha value is 0.0969. The normalized spacial score (nSPS) is 13.5. The van der Waals surface area contributed by atoms with Crippen molar-refractivity contribution in [2.75, 3.05) is 14.2 Å². The molecule has 12 heavy (non-hydrogen) atoms. The molecule has 0 radical (unpaired) electrons. The lowest BCUT2D eigenvalue weighted by Crippen LogP contribution is -2.59. The zero-order chi connectivity index (χ0) is 9.83. The van der Waals surface area contributed by atoms with Crippen LogP contribution in [0.1, 0.15) is 26.7 Å². The molecule has 0 atom stereocenters. The van der Waals surface area contributed by atoms with Crippen LogP contribution in [0, 0.1) is 0 Å². The summed E-state index contributed by atoms with van der Waals surface area (Å²) >= 11 is 0. The molecule has 0 aliphatic rings. The molecule has 0 heterocycles. The van der Waals surface area contributed by atoms with Gasteiger partial charge in [-0.2, -0.15) is 0 Å². The zero-order valence-electron chi connectivity index (χ0n) is 8.68. The fraction of sp³-hybridized carbons (Fsp3) is 1.00. The monoisotopic (exact) mass is 192 g/mol. The first-order valence-electron chi connectivity index (χ1n) is 4.32. The van der Waals surface area contributed by atoms with Crippen LogP contribution in [0.15, 0.2) is 0 Å². The summed E-state index contributed by atoms with van der Waals surface area (Å²) in [5, 5.41) is 9.39. The highest BCUT2D eigenvalue weighted by Crippen LogP contribution is 2.28. The van der Waals surface area contributed by atoms with Gasteiger partial charge in [0.15, 0.2) is 0 Å². The quantitative estimate of drug-likeness (QED) is 0.670. The molecular formula is C8H20O3Si. The average molecular weight is 192 g/mol. The number of hydrogen-bond donors (Lipinski definition) is 1. The van der Waals surface area contributed by atoms with Crippen molar-refractivity contribution in [2.45, 2.75) is 38.5 Å². The van der Waals surface area contributed by atoms with Crippen LogP contribution in [0.5, 0.6) is 0 Å². The summed E-state index contributed by atoms with van der Waals surface area (Å²) < 4.78 is 10.6. The molecule has 0 aliphatic heterocycles. The van der Waals surface area contributed by atoms with Crippen LogP contribution in [0.3, 0.4) is 0 Å². The molecule has 1 N–H and O–H groups in total. The van der Waals surface area contributed by atoms with Crippen LogP contribution in [-0.2, 0) is 8.85 Å². The maximum atomic E-state index is 10.2. The summed E-state index contributed by atoms with van der Waals surface area (Å²) in [6, 6.07) is 0. The van der Waals surface area contributed by atoms with Crippen molar-refractivity contribution < 1.29 is 14.0 Å². The first-order chi connectivity index (χ1) is 5.49. The summed E-state index contributed by atoms with van der Waals surface area (Å²) in [5.74, 6) is 0. The van der Waals surface area contributed by atoms with Crippen molar-refractivity contribution in [1.29, 1.82) is 0 Å². The second-order valence-electron chi connectivity index (χ2n) is 3.09. The van der Waals surface area contributed by atoms with Crippen LogP contribution in [0.4, 0.5) is 0 Å². The third-order valence-electron chi connectivity index (χ3n) is 2.79. The van der Waals surface area contributed by atoms with Gasteiger partial charge in [0, 0.05) is 14.2 Å². The topological polar surface area (TPSA) is 38.7 Å². The SMILES string of the molecule is CCC(O)(CC)[Si](C)(OC)OC. The molecule has 0 aliphatic carbocycles. The first-order valence-corrected chi connectivity index (χ1v) is 6.64. The van der Waals surface area contributed by atoms with E-state index in [-0.39, 0.29) is 0 Å². The lowest BCUT2D eigenvalue weighted by atomic mass is 10.2. The molecule has 0 bridgehead atoms. The van der Waals surface area contributed by atoms with Crippen molar-refractivity contribution >= 4 is 8.56 Å². The zero-order valence-corrected chi connectivity index (χ0v) is 9.68. The molecule has 0 aromatic rings. The van der Waals surface area contributed by atoms with Gasteiger partial charge in [-0.25, -0.2) is 0 Å². The van der Waals surface area contributed by atoms with Crippen molar-refractivity contribution in [2.24, 2.45) is 0 Å². The lowest BCUT2D eigenvalue weighted by Gasteiger charge is -2.38. The van der Waals surface area contributed by atoms with Gasteiger partial charge in [0.05, 0.1) is 0 Å². The van der Waals surface area contributed by atoms with Crippen molar-refractivity contribution in [3.8, 4) is 0 Å². The first kappa shape index (κ1) is 12.1. The predicted molar refractivity (Wildman–Crippen MR) is 51.2 cm³/mol. The summed E-state index contributed by atoms with van der Waals surface area (Å²) in [6.45, 7) is 5.79. The molecule has 0 saturated carbocycles. The van der Waals surface area contributed by atoms with Gasteiger partial charge >= 0.3 is 8.56 Å². The molecule has 0 unspecified atom stereocenters. The van der Waals surface area contributed by atoms with E-state index in [1.807, 2.05) is 20.4 Å². The Morgan fingerprint density at radius 2 is 1.50 bits per heavy atom. The molecule has 0 aromatic carbocycles. The molecule has 0 spiro atoms. The largest absolute Gasteiger partial charge is 0.396 e. The van der Waals surface area contributed by atoms with Gasteiger partial charge in [0.2, 0.25) is 0 Å². The van der Waals surface area contributed by atoms with E-state index in [4.69, 9.17) is 8.85 Å². The number of hydrogen-bond acceptors (Lipinski definition) is 3. The van der Waals surface area contributed by atoms with E-state index in [1.165, 1.54) is 0 Å². The number of rotatable bonds is 5. The Morgan fingerprint density at radius 1 is 1.17 bits per heavy atom. The highest BCUT2D eigenvalue weighted by molar-refractivity contribution is 6.69. The summed E-state index contributed by atoms with van der Waals surface area (Å²) in [7, 11) is 0.811. The molecule has 0 rings (SSSR count). The summed E-state index contributed by atoms with van der Waals surface area (Å²) in [6.07, 6.45) is 1.35. The van der Waals surface area contributed by atoms with Crippen LogP contribution in [0.25, 0.3) is 0 Å². The Balaban J connectivity index is 4.66. The Labute approximate surface area is 75.9 Å². The Morgan fingerprint density at radius 3 is 1.58 bits per heavy atom. The van der Waals surface area contributed by atoms with Crippen LogP contribution >= 0.6 is 0 Å². The smallest absolute Gasteiger partial charge is 0.367 e. The Bertz CT molecular complexity index is 114. The van der Waals surface area contributed by atoms with E-state index in [0.717, 1.165) is 0 Å². The van der Waals surface area contributed by atoms with Crippen LogP contribution in [-0.4, -0.2) is 33.1 Å². The maximum Gasteiger partial charge on any atom is 0.367 e. The van der Waals surface area contributed by atoms with Gasteiger partial charge in [-0.15, -0.1) is 0 Å². The average Bonchev–Trinajstić information content (AvgIpc) is 2.15. The van der Waals surface area contributed by atoms with E-state index < -0.39 is 13.8 Å². The third-order valence-corrected chi connectivity index (χ3v) is 6.75. The molecule has 3 nitrogen and oxygen atoms in total. The van der Waals surface area contributed by atoms with Crippen LogP contribution < -0.4 is 0 Å². The van der Waals surface area contributed by atoms with Gasteiger partial charge in [-0.1, -0.05) is 13.8 Å². The van der Waals surface area contributed by atoms with Gasteiger partial charge in [-0.3, -0.25) is 0 Å². The van der Waals surface area contributed by atoms with Gasteiger partial charge < -0.3 is 14.0 Å². The van der Waals surface area contributed by atoms with Crippen molar-refractivity contribution in [3.63, 3.8) is 0 Å². The highest BCUT2D eigenvalue weighted by Gasteiger charge is 2.49. The molecule has 74 valence electrons. The van der Waals surface area contributed by atoms with E-state index >= 15 is 0 Å². The van der Waals surface area contributed by atoms with E-state index in [9.17, 15) is 5.11 Å². The standard InChI is InChI=1S/C8H20O3Si/c1-6-8(9,7-2)12(5,10-3)11-4/h9H,6-7H2,1-5H3. The van der Waals surface area contributed by atoms with Gasteiger partial charge in [0.1, 0.15) is 5.22 Å². The molecule has 0 amide bonds. The third kappa shape index (κ3) is 1.88. The van der Waals surface area contributed by atoms with Gasteiger partial charge in [0.25, 0.3) is 0 Å². The van der Waals surface area contributed by atoms with E-state index in [1.54, 1.807) is 14.2 Å². The van der Waals surface area contributed by atoms with Crippen molar-refractivity contribution in [3.05, 3.63) is 0 Å². The molecule has 0 aromatic heterocycles. The summed E-state index contributed by atoms with van der Waals surface area (Å²) in [5.41, 5.74) is 0. The maximum absolute atomic E-state index is 10.2. The van der Waals surface area contributed by atoms with E-state index in [2.05, 4.69) is 0 Å². The molecule has 0 saturated heterocycles.